The first-order valence-electron chi connectivity index (χ1n) is 27.6. The average Bonchev–Trinajstić information content (AvgIpc) is 3.25. The highest BCUT2D eigenvalue weighted by Crippen LogP contribution is 2.17. The number of hydrogen-bond acceptors (Lipinski definition) is 4. The summed E-state index contributed by atoms with van der Waals surface area (Å²) >= 11 is 0. The SMILES string of the molecule is CCCCCCCCCCC/C=C\C/C=C\CCCCCCCCCCCCCCCCCC(O)CC(=O)NC(CO)C(O)CCCCCCCCCCCCCCCCC. The van der Waals surface area contributed by atoms with Crippen LogP contribution in [0.5, 0.6) is 0 Å². The van der Waals surface area contributed by atoms with E-state index < -0.39 is 18.2 Å². The summed E-state index contributed by atoms with van der Waals surface area (Å²) < 4.78 is 0. The molecule has 3 unspecified atom stereocenters. The van der Waals surface area contributed by atoms with E-state index in [4.69, 9.17) is 0 Å². The number of allylic oxidation sites excluding steroid dienone is 4. The Morgan fingerprint density at radius 2 is 0.705 bits per heavy atom. The second-order valence-electron chi connectivity index (χ2n) is 19.2. The molecule has 0 aliphatic carbocycles. The average molecular weight is 860 g/mol. The maximum Gasteiger partial charge on any atom is 0.222 e. The van der Waals surface area contributed by atoms with Gasteiger partial charge in [-0.2, -0.15) is 0 Å². The van der Waals surface area contributed by atoms with Crippen LogP contribution < -0.4 is 5.32 Å². The van der Waals surface area contributed by atoms with Crippen molar-refractivity contribution in [1.29, 1.82) is 0 Å². The molecule has 5 heteroatoms. The van der Waals surface area contributed by atoms with E-state index in [1.165, 1.54) is 238 Å². The second-order valence-corrected chi connectivity index (χ2v) is 19.2. The summed E-state index contributed by atoms with van der Waals surface area (Å²) in [6.45, 7) is 4.29. The van der Waals surface area contributed by atoms with Gasteiger partial charge in [0.1, 0.15) is 0 Å². The Labute approximate surface area is 382 Å². The Morgan fingerprint density at radius 3 is 1.03 bits per heavy atom. The highest BCUT2D eigenvalue weighted by molar-refractivity contribution is 5.76. The van der Waals surface area contributed by atoms with Gasteiger partial charge in [-0.05, 0) is 44.9 Å². The van der Waals surface area contributed by atoms with Crippen molar-refractivity contribution in [3.8, 4) is 0 Å². The number of nitrogens with one attached hydrogen (secondary N) is 1. The molecule has 0 saturated heterocycles. The van der Waals surface area contributed by atoms with E-state index in [9.17, 15) is 20.1 Å². The van der Waals surface area contributed by atoms with Crippen LogP contribution >= 0.6 is 0 Å². The number of carbonyl (C=O) groups excluding carboxylic acids is 1. The van der Waals surface area contributed by atoms with Crippen molar-refractivity contribution >= 4 is 5.91 Å². The molecule has 4 N–H and O–H groups in total. The monoisotopic (exact) mass is 860 g/mol. The molecule has 0 heterocycles. The molecule has 0 rings (SSSR count). The Kier molecular flexibility index (Phi) is 50.5. The van der Waals surface area contributed by atoms with Crippen molar-refractivity contribution in [3.05, 3.63) is 24.3 Å². The van der Waals surface area contributed by atoms with Gasteiger partial charge in [-0.1, -0.05) is 276 Å². The number of unbranched alkanes of at least 4 members (excludes halogenated alkanes) is 38. The normalized spacial score (nSPS) is 13.5. The molecule has 5 nitrogen and oxygen atoms in total. The molecule has 0 fully saturated rings. The van der Waals surface area contributed by atoms with Crippen molar-refractivity contribution in [2.24, 2.45) is 0 Å². The van der Waals surface area contributed by atoms with Crippen LogP contribution in [0.1, 0.15) is 303 Å². The third kappa shape index (κ3) is 48.1. The molecule has 0 aliphatic heterocycles. The van der Waals surface area contributed by atoms with Gasteiger partial charge in [0, 0.05) is 0 Å². The van der Waals surface area contributed by atoms with E-state index in [0.717, 1.165) is 32.1 Å². The van der Waals surface area contributed by atoms with Crippen molar-refractivity contribution in [1.82, 2.24) is 5.32 Å². The summed E-state index contributed by atoms with van der Waals surface area (Å²) in [5, 5.41) is 33.6. The minimum Gasteiger partial charge on any atom is -0.394 e. The van der Waals surface area contributed by atoms with E-state index in [1.54, 1.807) is 0 Å². The first-order chi connectivity index (χ1) is 30.0. The Hall–Kier alpha value is -1.17. The smallest absolute Gasteiger partial charge is 0.222 e. The van der Waals surface area contributed by atoms with Gasteiger partial charge in [0.2, 0.25) is 5.91 Å². The molecule has 0 bridgehead atoms. The van der Waals surface area contributed by atoms with Crippen molar-refractivity contribution in [2.75, 3.05) is 6.61 Å². The van der Waals surface area contributed by atoms with E-state index >= 15 is 0 Å². The molecule has 1 amide bonds. The van der Waals surface area contributed by atoms with Gasteiger partial charge in [-0.25, -0.2) is 0 Å². The summed E-state index contributed by atoms with van der Waals surface area (Å²) in [5.74, 6) is -0.279. The molecule has 61 heavy (non-hydrogen) atoms. The third-order valence-electron chi connectivity index (χ3n) is 13.0. The lowest BCUT2D eigenvalue weighted by Crippen LogP contribution is -2.46. The van der Waals surface area contributed by atoms with Crippen LogP contribution in [0.25, 0.3) is 0 Å². The third-order valence-corrected chi connectivity index (χ3v) is 13.0. The predicted octanol–water partition coefficient (Wildman–Crippen LogP) is 16.9. The maximum absolute atomic E-state index is 12.5. The van der Waals surface area contributed by atoms with Gasteiger partial charge >= 0.3 is 0 Å². The number of rotatable bonds is 51. The van der Waals surface area contributed by atoms with Gasteiger partial charge in [-0.15, -0.1) is 0 Å². The van der Waals surface area contributed by atoms with Crippen LogP contribution in [0, 0.1) is 0 Å². The van der Waals surface area contributed by atoms with E-state index in [-0.39, 0.29) is 18.9 Å². The number of amides is 1. The Morgan fingerprint density at radius 1 is 0.410 bits per heavy atom. The number of hydrogen-bond donors (Lipinski definition) is 4. The zero-order chi connectivity index (χ0) is 44.4. The quantitative estimate of drug-likeness (QED) is 0.0362. The van der Waals surface area contributed by atoms with Gasteiger partial charge in [0.25, 0.3) is 0 Å². The fourth-order valence-corrected chi connectivity index (χ4v) is 8.79. The van der Waals surface area contributed by atoms with Crippen LogP contribution in [-0.2, 0) is 4.79 Å². The van der Waals surface area contributed by atoms with Crippen molar-refractivity contribution in [3.63, 3.8) is 0 Å². The van der Waals surface area contributed by atoms with Crippen LogP contribution in [0.2, 0.25) is 0 Å². The number of aliphatic hydroxyl groups is 3. The second kappa shape index (κ2) is 51.5. The summed E-state index contributed by atoms with van der Waals surface area (Å²) in [6.07, 6.45) is 64.7. The molecule has 0 aromatic heterocycles. The maximum atomic E-state index is 12.5. The summed E-state index contributed by atoms with van der Waals surface area (Å²) in [6, 6.07) is -0.656. The Balaban J connectivity index is 3.50. The molecule has 362 valence electrons. The van der Waals surface area contributed by atoms with Crippen LogP contribution in [0.4, 0.5) is 0 Å². The predicted molar refractivity (Wildman–Crippen MR) is 268 cm³/mol. The first-order valence-corrected chi connectivity index (χ1v) is 27.6. The highest BCUT2D eigenvalue weighted by Gasteiger charge is 2.21. The lowest BCUT2D eigenvalue weighted by molar-refractivity contribution is -0.125. The van der Waals surface area contributed by atoms with E-state index in [2.05, 4.69) is 43.5 Å². The minimum atomic E-state index is -0.747. The fraction of sp³-hybridized carbons (Fsp3) is 0.911. The zero-order valence-corrected chi connectivity index (χ0v) is 41.3. The lowest BCUT2D eigenvalue weighted by Gasteiger charge is -2.23. The summed E-state index contributed by atoms with van der Waals surface area (Å²) in [4.78, 5) is 12.5. The van der Waals surface area contributed by atoms with E-state index in [1.807, 2.05) is 0 Å². The molecule has 0 aliphatic rings. The molecule has 0 radical (unpaired) electrons. The minimum absolute atomic E-state index is 0.0392. The molecule has 0 spiro atoms. The molecule has 0 aromatic carbocycles. The zero-order valence-electron chi connectivity index (χ0n) is 41.3. The summed E-state index contributed by atoms with van der Waals surface area (Å²) in [5.41, 5.74) is 0. The van der Waals surface area contributed by atoms with Crippen LogP contribution in [0.15, 0.2) is 24.3 Å². The highest BCUT2D eigenvalue weighted by atomic mass is 16.3. The van der Waals surface area contributed by atoms with Crippen molar-refractivity contribution < 1.29 is 20.1 Å². The van der Waals surface area contributed by atoms with Gasteiger partial charge in [0.05, 0.1) is 31.3 Å². The van der Waals surface area contributed by atoms with Gasteiger partial charge < -0.3 is 20.6 Å². The van der Waals surface area contributed by atoms with Gasteiger partial charge in [0.15, 0.2) is 0 Å². The number of carbonyl (C=O) groups is 1. The fourth-order valence-electron chi connectivity index (χ4n) is 8.79. The van der Waals surface area contributed by atoms with Crippen molar-refractivity contribution in [2.45, 2.75) is 321 Å². The Bertz CT molecular complexity index is 905. The largest absolute Gasteiger partial charge is 0.394 e. The summed E-state index contributed by atoms with van der Waals surface area (Å²) in [7, 11) is 0. The molecular formula is C56H109NO4. The standard InChI is InChI=1S/C56H109NO4/c1-3-5-7-9-11-13-15-17-19-20-21-22-23-24-25-26-27-28-29-30-31-32-33-34-36-37-39-41-43-45-47-49-53(59)51-56(61)57-54(52-58)55(60)50-48-46-44-42-40-38-35-18-16-14-12-10-8-6-4-2/h21-22,24-25,53-55,58-60H,3-20,23,26-52H2,1-2H3,(H,57,61)/b22-21-,25-24-. The van der Waals surface area contributed by atoms with E-state index in [0.29, 0.717) is 12.8 Å². The van der Waals surface area contributed by atoms with Crippen LogP contribution in [0.3, 0.4) is 0 Å². The molecule has 0 saturated carbocycles. The van der Waals surface area contributed by atoms with Crippen LogP contribution in [-0.4, -0.2) is 46.1 Å². The molecular weight excluding hydrogens is 751 g/mol. The first kappa shape index (κ1) is 59.8. The molecule has 0 aromatic rings. The molecule has 3 atom stereocenters. The number of aliphatic hydroxyl groups excluding tert-OH is 3. The topological polar surface area (TPSA) is 89.8 Å². The van der Waals surface area contributed by atoms with Gasteiger partial charge in [-0.3, -0.25) is 4.79 Å². The lowest BCUT2D eigenvalue weighted by atomic mass is 10.0.